The number of fused-ring (bicyclic) bond motifs is 9. The Morgan fingerprint density at radius 3 is 1.51 bits per heavy atom. The van der Waals surface area contributed by atoms with Gasteiger partial charge in [-0.3, -0.25) is 0 Å². The van der Waals surface area contributed by atoms with Crippen molar-refractivity contribution >= 4 is 91.9 Å². The molecule has 0 bridgehead atoms. The number of rotatable bonds is 7. The Hall–Kier alpha value is -8.24. The second kappa shape index (κ2) is 15.2. The van der Waals surface area contributed by atoms with E-state index in [1.165, 1.54) is 103 Å². The Bertz CT molecular complexity index is 3920. The molecule has 0 aliphatic carbocycles. The first-order valence-corrected chi connectivity index (χ1v) is 23.1. The molecule has 3 heteroatoms. The molecule has 0 aliphatic rings. The Labute approximate surface area is 381 Å². The van der Waals surface area contributed by atoms with E-state index in [1.807, 2.05) is 11.3 Å². The van der Waals surface area contributed by atoms with Gasteiger partial charge in [-0.1, -0.05) is 158 Å². The number of para-hydroxylation sites is 2. The van der Waals surface area contributed by atoms with Gasteiger partial charge >= 0.3 is 0 Å². The number of thiophene rings is 1. The summed E-state index contributed by atoms with van der Waals surface area (Å²) < 4.78 is 4.98. The molecule has 0 fully saturated rings. The van der Waals surface area contributed by atoms with E-state index in [9.17, 15) is 0 Å². The van der Waals surface area contributed by atoms with E-state index in [4.69, 9.17) is 0 Å². The van der Waals surface area contributed by atoms with Crippen LogP contribution in [0, 0.1) is 0 Å². The van der Waals surface area contributed by atoms with Gasteiger partial charge in [-0.15, -0.1) is 11.3 Å². The van der Waals surface area contributed by atoms with E-state index < -0.39 is 0 Å². The molecule has 0 N–H and O–H groups in total. The third-order valence-electron chi connectivity index (χ3n) is 13.2. The van der Waals surface area contributed by atoms with Crippen molar-refractivity contribution in [3.8, 4) is 39.1 Å². The highest BCUT2D eigenvalue weighted by atomic mass is 32.1. The van der Waals surface area contributed by atoms with Crippen molar-refractivity contribution in [2.24, 2.45) is 0 Å². The van der Waals surface area contributed by atoms with Crippen molar-refractivity contribution in [2.45, 2.75) is 0 Å². The van der Waals surface area contributed by atoms with Gasteiger partial charge in [0, 0.05) is 53.4 Å². The minimum absolute atomic E-state index is 1.11. The standard InChI is InChI=1S/C62H40N2S/c1-3-12-41(13-4-1)42-22-30-49(31-23-42)63(58-21-11-19-52-51-17-8-7-14-44(51)26-34-54(52)58)50-32-24-43(25-33-50)45-28-36-61-56(39-45)57-40-47(29-37-62(57)65-61)46-27-35-60-55(38-46)53-18-9-10-20-59(53)64(60)48-15-5-2-6-16-48/h1-40H. The van der Waals surface area contributed by atoms with Gasteiger partial charge in [0.25, 0.3) is 0 Å². The summed E-state index contributed by atoms with van der Waals surface area (Å²) in [5, 5.41) is 10.1. The molecule has 2 aromatic heterocycles. The number of aromatic nitrogens is 1. The van der Waals surface area contributed by atoms with Crippen LogP contribution in [0.4, 0.5) is 17.1 Å². The van der Waals surface area contributed by atoms with Crippen LogP contribution >= 0.6 is 11.3 Å². The highest BCUT2D eigenvalue weighted by Crippen LogP contribution is 2.44. The highest BCUT2D eigenvalue weighted by molar-refractivity contribution is 7.25. The van der Waals surface area contributed by atoms with Crippen LogP contribution in [-0.4, -0.2) is 4.57 Å². The van der Waals surface area contributed by atoms with Gasteiger partial charge in [0.05, 0.1) is 16.7 Å². The fourth-order valence-corrected chi connectivity index (χ4v) is 11.1. The van der Waals surface area contributed by atoms with Gasteiger partial charge in [-0.25, -0.2) is 0 Å². The van der Waals surface area contributed by atoms with Crippen molar-refractivity contribution in [1.29, 1.82) is 0 Å². The molecule has 0 saturated carbocycles. The van der Waals surface area contributed by atoms with Crippen LogP contribution in [0.5, 0.6) is 0 Å². The second-order valence-electron chi connectivity index (χ2n) is 16.9. The average Bonchev–Trinajstić information content (AvgIpc) is 3.92. The molecule has 2 heterocycles. The van der Waals surface area contributed by atoms with Gasteiger partial charge in [-0.05, 0) is 134 Å². The minimum Gasteiger partial charge on any atom is -0.310 e. The monoisotopic (exact) mass is 844 g/mol. The topological polar surface area (TPSA) is 8.17 Å². The highest BCUT2D eigenvalue weighted by Gasteiger charge is 2.18. The van der Waals surface area contributed by atoms with Crippen LogP contribution < -0.4 is 4.90 Å². The minimum atomic E-state index is 1.11. The van der Waals surface area contributed by atoms with Crippen LogP contribution in [0.15, 0.2) is 243 Å². The van der Waals surface area contributed by atoms with Crippen molar-refractivity contribution in [1.82, 2.24) is 4.57 Å². The number of hydrogen-bond acceptors (Lipinski definition) is 2. The van der Waals surface area contributed by atoms with Crippen LogP contribution in [0.25, 0.3) is 103 Å². The maximum atomic E-state index is 2.41. The molecule has 0 atom stereocenters. The van der Waals surface area contributed by atoms with E-state index in [-0.39, 0.29) is 0 Å². The molecule has 0 aliphatic heterocycles. The Kier molecular flexibility index (Phi) is 8.75. The lowest BCUT2D eigenvalue weighted by atomic mass is 9.98. The maximum absolute atomic E-state index is 2.41. The summed E-state index contributed by atoms with van der Waals surface area (Å²) >= 11 is 1.87. The molecular formula is C62H40N2S. The fraction of sp³-hybridized carbons (Fsp3) is 0. The first-order chi connectivity index (χ1) is 32.2. The molecule has 11 aromatic carbocycles. The van der Waals surface area contributed by atoms with Crippen LogP contribution in [-0.2, 0) is 0 Å². The molecule has 2 nitrogen and oxygen atoms in total. The van der Waals surface area contributed by atoms with Gasteiger partial charge in [0.1, 0.15) is 0 Å². The molecule has 13 aromatic rings. The molecular weight excluding hydrogens is 805 g/mol. The van der Waals surface area contributed by atoms with Crippen LogP contribution in [0.2, 0.25) is 0 Å². The lowest BCUT2D eigenvalue weighted by Gasteiger charge is -2.27. The zero-order valence-electron chi connectivity index (χ0n) is 35.4. The first kappa shape index (κ1) is 37.3. The van der Waals surface area contributed by atoms with Gasteiger partial charge in [0.2, 0.25) is 0 Å². The summed E-state index contributed by atoms with van der Waals surface area (Å²) in [5.74, 6) is 0. The number of hydrogen-bond donors (Lipinski definition) is 0. The molecule has 0 radical (unpaired) electrons. The summed E-state index contributed by atoms with van der Waals surface area (Å²) in [4.78, 5) is 2.41. The van der Waals surface area contributed by atoms with Crippen LogP contribution in [0.3, 0.4) is 0 Å². The van der Waals surface area contributed by atoms with Gasteiger partial charge in [0.15, 0.2) is 0 Å². The molecule has 13 rings (SSSR count). The molecule has 0 saturated heterocycles. The van der Waals surface area contributed by atoms with E-state index in [2.05, 4.69) is 252 Å². The van der Waals surface area contributed by atoms with Crippen molar-refractivity contribution in [3.05, 3.63) is 243 Å². The quantitative estimate of drug-likeness (QED) is 0.145. The lowest BCUT2D eigenvalue weighted by Crippen LogP contribution is -2.10. The molecule has 304 valence electrons. The summed E-state index contributed by atoms with van der Waals surface area (Å²) in [6.45, 7) is 0. The molecule has 0 unspecified atom stereocenters. The van der Waals surface area contributed by atoms with Gasteiger partial charge < -0.3 is 9.47 Å². The third-order valence-corrected chi connectivity index (χ3v) is 14.3. The SMILES string of the molecule is c1ccc(-c2ccc(N(c3ccc(-c4ccc5sc6ccc(-c7ccc8c(c7)c7ccccc7n8-c7ccccc7)cc6c5c4)cc3)c3cccc4c3ccc3ccccc34)cc2)cc1. The van der Waals surface area contributed by atoms with E-state index >= 15 is 0 Å². The van der Waals surface area contributed by atoms with Crippen molar-refractivity contribution in [3.63, 3.8) is 0 Å². The van der Waals surface area contributed by atoms with E-state index in [1.54, 1.807) is 0 Å². The second-order valence-corrected chi connectivity index (χ2v) is 18.0. The third kappa shape index (κ3) is 6.31. The molecule has 0 spiro atoms. The average molecular weight is 845 g/mol. The first-order valence-electron chi connectivity index (χ1n) is 22.2. The van der Waals surface area contributed by atoms with Crippen LogP contribution in [0.1, 0.15) is 0 Å². The smallest absolute Gasteiger partial charge is 0.0541 e. The Balaban J connectivity index is 0.885. The predicted molar refractivity (Wildman–Crippen MR) is 280 cm³/mol. The normalized spacial score (nSPS) is 11.7. The molecule has 65 heavy (non-hydrogen) atoms. The fourth-order valence-electron chi connectivity index (χ4n) is 10.0. The zero-order chi connectivity index (χ0) is 42.8. The Morgan fingerprint density at radius 1 is 0.292 bits per heavy atom. The summed E-state index contributed by atoms with van der Waals surface area (Å²) in [5.41, 5.74) is 14.2. The van der Waals surface area contributed by atoms with E-state index in [0.717, 1.165) is 17.1 Å². The Morgan fingerprint density at radius 2 is 0.800 bits per heavy atom. The lowest BCUT2D eigenvalue weighted by molar-refractivity contribution is 1.18. The summed E-state index contributed by atoms with van der Waals surface area (Å²) in [6, 6.07) is 88.9. The number of nitrogens with zero attached hydrogens (tertiary/aromatic N) is 2. The summed E-state index contributed by atoms with van der Waals surface area (Å²) in [7, 11) is 0. The number of benzene rings is 11. The predicted octanol–water partition coefficient (Wildman–Crippen LogP) is 17.9. The largest absolute Gasteiger partial charge is 0.310 e. The zero-order valence-corrected chi connectivity index (χ0v) is 36.2. The molecule has 0 amide bonds. The van der Waals surface area contributed by atoms with Crippen molar-refractivity contribution in [2.75, 3.05) is 4.90 Å². The number of anilines is 3. The van der Waals surface area contributed by atoms with Gasteiger partial charge in [-0.2, -0.15) is 0 Å². The maximum Gasteiger partial charge on any atom is 0.0541 e. The van der Waals surface area contributed by atoms with E-state index in [0.29, 0.717) is 0 Å². The summed E-state index contributed by atoms with van der Waals surface area (Å²) in [6.07, 6.45) is 0. The van der Waals surface area contributed by atoms with Crippen molar-refractivity contribution < 1.29 is 0 Å².